The molecule has 2 aromatic rings. The minimum absolute atomic E-state index is 0.0974. The first kappa shape index (κ1) is 17.1. The molecule has 0 aromatic heterocycles. The van der Waals surface area contributed by atoms with Gasteiger partial charge in [0.2, 0.25) is 5.91 Å². The summed E-state index contributed by atoms with van der Waals surface area (Å²) in [6.45, 7) is 1.60. The number of primary amides is 1. The van der Waals surface area contributed by atoms with Gasteiger partial charge in [0, 0.05) is 24.1 Å². The van der Waals surface area contributed by atoms with Crippen molar-refractivity contribution < 1.29 is 14.5 Å². The Hall–Kier alpha value is -3.22. The number of amides is 2. The molecule has 7 nitrogen and oxygen atoms in total. The summed E-state index contributed by atoms with van der Waals surface area (Å²) >= 11 is 0. The van der Waals surface area contributed by atoms with E-state index in [-0.39, 0.29) is 17.7 Å². The van der Waals surface area contributed by atoms with E-state index in [0.717, 1.165) is 5.56 Å². The van der Waals surface area contributed by atoms with Gasteiger partial charge in [0.1, 0.15) is 6.04 Å². The number of nitrogens with zero attached hydrogens (tertiary/aromatic N) is 1. The summed E-state index contributed by atoms with van der Waals surface area (Å²) in [5, 5.41) is 13.3. The molecule has 0 saturated heterocycles. The van der Waals surface area contributed by atoms with Crippen LogP contribution in [0.5, 0.6) is 0 Å². The minimum atomic E-state index is -0.866. The Morgan fingerprint density at radius 3 is 2.42 bits per heavy atom. The van der Waals surface area contributed by atoms with Crippen LogP contribution >= 0.6 is 0 Å². The molecular formula is C17H17N3O4. The summed E-state index contributed by atoms with van der Waals surface area (Å²) in [6, 6.07) is 12.2. The summed E-state index contributed by atoms with van der Waals surface area (Å²) < 4.78 is 0. The van der Waals surface area contributed by atoms with Crippen molar-refractivity contribution in [3.8, 4) is 0 Å². The molecule has 0 fully saturated rings. The smallest absolute Gasteiger partial charge is 0.269 e. The number of nitrogens with two attached hydrogens (primary N) is 1. The highest BCUT2D eigenvalue weighted by Crippen LogP contribution is 2.17. The van der Waals surface area contributed by atoms with Gasteiger partial charge in [-0.05, 0) is 24.1 Å². The number of carbonyl (C=O) groups is 2. The lowest BCUT2D eigenvalue weighted by Gasteiger charge is -2.16. The summed E-state index contributed by atoms with van der Waals surface area (Å²) in [5.41, 5.74) is 6.85. The molecule has 0 aliphatic carbocycles. The molecule has 0 spiro atoms. The quantitative estimate of drug-likeness (QED) is 0.621. The van der Waals surface area contributed by atoms with Crippen molar-refractivity contribution >= 4 is 17.5 Å². The number of rotatable bonds is 6. The van der Waals surface area contributed by atoms with Crippen molar-refractivity contribution in [1.29, 1.82) is 0 Å². The lowest BCUT2D eigenvalue weighted by molar-refractivity contribution is -0.384. The van der Waals surface area contributed by atoms with Crippen molar-refractivity contribution in [1.82, 2.24) is 5.32 Å². The number of nitro benzene ring substituents is 1. The average Bonchev–Trinajstić information content (AvgIpc) is 2.54. The zero-order chi connectivity index (χ0) is 17.7. The van der Waals surface area contributed by atoms with Crippen LogP contribution in [0.3, 0.4) is 0 Å². The number of hydrogen-bond acceptors (Lipinski definition) is 4. The Morgan fingerprint density at radius 2 is 1.88 bits per heavy atom. The maximum absolute atomic E-state index is 12.4. The maximum Gasteiger partial charge on any atom is 0.269 e. The van der Waals surface area contributed by atoms with E-state index >= 15 is 0 Å². The molecule has 24 heavy (non-hydrogen) atoms. The Kier molecular flexibility index (Phi) is 5.26. The van der Waals surface area contributed by atoms with Gasteiger partial charge in [-0.25, -0.2) is 0 Å². The summed E-state index contributed by atoms with van der Waals surface area (Å²) in [4.78, 5) is 34.2. The van der Waals surface area contributed by atoms with Gasteiger partial charge < -0.3 is 11.1 Å². The molecule has 0 aliphatic rings. The number of nitro groups is 1. The maximum atomic E-state index is 12.4. The van der Waals surface area contributed by atoms with E-state index in [1.54, 1.807) is 6.92 Å². The van der Waals surface area contributed by atoms with Crippen molar-refractivity contribution in [2.75, 3.05) is 0 Å². The van der Waals surface area contributed by atoms with Crippen molar-refractivity contribution in [3.05, 3.63) is 75.3 Å². The van der Waals surface area contributed by atoms with E-state index in [1.807, 2.05) is 30.3 Å². The predicted octanol–water partition coefficient (Wildman–Crippen LogP) is 1.73. The van der Waals surface area contributed by atoms with Crippen LogP contribution in [0.25, 0.3) is 0 Å². The molecule has 0 heterocycles. The van der Waals surface area contributed by atoms with Gasteiger partial charge in [-0.15, -0.1) is 0 Å². The molecule has 7 heteroatoms. The molecule has 0 bridgehead atoms. The van der Waals surface area contributed by atoms with E-state index in [1.165, 1.54) is 18.2 Å². The average molecular weight is 327 g/mol. The number of hydrogen-bond donors (Lipinski definition) is 2. The van der Waals surface area contributed by atoms with Crippen molar-refractivity contribution in [2.24, 2.45) is 5.73 Å². The van der Waals surface area contributed by atoms with Crippen LogP contribution in [-0.2, 0) is 11.2 Å². The van der Waals surface area contributed by atoms with Gasteiger partial charge in [-0.2, -0.15) is 0 Å². The first-order valence-electron chi connectivity index (χ1n) is 7.27. The highest BCUT2D eigenvalue weighted by Gasteiger charge is 2.21. The van der Waals surface area contributed by atoms with Gasteiger partial charge in [0.05, 0.1) is 4.92 Å². The van der Waals surface area contributed by atoms with E-state index < -0.39 is 22.8 Å². The first-order chi connectivity index (χ1) is 11.4. The number of benzene rings is 2. The van der Waals surface area contributed by atoms with Crippen LogP contribution in [-0.4, -0.2) is 22.8 Å². The van der Waals surface area contributed by atoms with Gasteiger partial charge in [0.15, 0.2) is 0 Å². The van der Waals surface area contributed by atoms with Crippen molar-refractivity contribution in [3.63, 3.8) is 0 Å². The standard InChI is InChI=1S/C17H17N3O4/c1-11-9-13(20(23)24)7-8-14(11)17(22)19-15(16(18)21)10-12-5-3-2-4-6-12/h2-9,15H,10H2,1H3,(H2,18,21)(H,19,22)/t15-/m1/s1. The normalized spacial score (nSPS) is 11.5. The van der Waals surface area contributed by atoms with Crippen LogP contribution in [0.2, 0.25) is 0 Å². The lowest BCUT2D eigenvalue weighted by atomic mass is 10.0. The number of carbonyl (C=O) groups excluding carboxylic acids is 2. The monoisotopic (exact) mass is 327 g/mol. The van der Waals surface area contributed by atoms with Crippen LogP contribution in [0.4, 0.5) is 5.69 Å². The van der Waals surface area contributed by atoms with Gasteiger partial charge in [0.25, 0.3) is 11.6 Å². The van der Waals surface area contributed by atoms with Crippen molar-refractivity contribution in [2.45, 2.75) is 19.4 Å². The number of non-ortho nitro benzene ring substituents is 1. The lowest BCUT2D eigenvalue weighted by Crippen LogP contribution is -2.46. The molecule has 0 saturated carbocycles. The second kappa shape index (κ2) is 7.36. The second-order valence-corrected chi connectivity index (χ2v) is 5.37. The highest BCUT2D eigenvalue weighted by molar-refractivity contribution is 5.98. The SMILES string of the molecule is Cc1cc([N+](=O)[O-])ccc1C(=O)N[C@H](Cc1ccccc1)C(N)=O. The predicted molar refractivity (Wildman–Crippen MR) is 88.4 cm³/mol. The largest absolute Gasteiger partial charge is 0.368 e. The van der Waals surface area contributed by atoms with Gasteiger partial charge in [-0.3, -0.25) is 19.7 Å². The third-order valence-electron chi connectivity index (χ3n) is 3.60. The summed E-state index contributed by atoms with van der Waals surface area (Å²) in [6.07, 6.45) is 0.272. The Bertz CT molecular complexity index is 775. The molecule has 2 amide bonds. The second-order valence-electron chi connectivity index (χ2n) is 5.37. The molecule has 2 aromatic carbocycles. The van der Waals surface area contributed by atoms with E-state index in [9.17, 15) is 19.7 Å². The fourth-order valence-corrected chi connectivity index (χ4v) is 2.32. The molecule has 1 atom stereocenters. The topological polar surface area (TPSA) is 115 Å². The van der Waals surface area contributed by atoms with E-state index in [0.29, 0.717) is 5.56 Å². The number of nitrogens with one attached hydrogen (secondary N) is 1. The van der Waals surface area contributed by atoms with Crippen LogP contribution in [0.1, 0.15) is 21.5 Å². The zero-order valence-electron chi connectivity index (χ0n) is 13.1. The molecule has 3 N–H and O–H groups in total. The summed E-state index contributed by atoms with van der Waals surface area (Å²) in [5.74, 6) is -1.14. The number of aryl methyl sites for hydroxylation is 1. The molecule has 2 rings (SSSR count). The molecular weight excluding hydrogens is 310 g/mol. The fraction of sp³-hybridized carbons (Fsp3) is 0.176. The van der Waals surface area contributed by atoms with Crippen LogP contribution < -0.4 is 11.1 Å². The minimum Gasteiger partial charge on any atom is -0.368 e. The Labute approximate surface area is 138 Å². The van der Waals surface area contributed by atoms with E-state index in [4.69, 9.17) is 5.73 Å². The van der Waals surface area contributed by atoms with Gasteiger partial charge >= 0.3 is 0 Å². The fourth-order valence-electron chi connectivity index (χ4n) is 2.32. The third-order valence-corrected chi connectivity index (χ3v) is 3.60. The Balaban J connectivity index is 2.16. The van der Waals surface area contributed by atoms with E-state index in [2.05, 4.69) is 5.32 Å². The molecule has 0 radical (unpaired) electrons. The van der Waals surface area contributed by atoms with Crippen LogP contribution in [0, 0.1) is 17.0 Å². The molecule has 0 aliphatic heterocycles. The van der Waals surface area contributed by atoms with Gasteiger partial charge in [-0.1, -0.05) is 30.3 Å². The highest BCUT2D eigenvalue weighted by atomic mass is 16.6. The Morgan fingerprint density at radius 1 is 1.21 bits per heavy atom. The molecule has 0 unspecified atom stereocenters. The third kappa shape index (κ3) is 4.16. The zero-order valence-corrected chi connectivity index (χ0v) is 13.1. The summed E-state index contributed by atoms with van der Waals surface area (Å²) in [7, 11) is 0. The molecule has 124 valence electrons. The van der Waals surface area contributed by atoms with Crippen LogP contribution in [0.15, 0.2) is 48.5 Å². The first-order valence-corrected chi connectivity index (χ1v) is 7.27.